The lowest BCUT2D eigenvalue weighted by atomic mass is 10.0. The lowest BCUT2D eigenvalue weighted by Gasteiger charge is -2.29. The molecule has 0 saturated heterocycles. The summed E-state index contributed by atoms with van der Waals surface area (Å²) in [6.45, 7) is 2.80. The van der Waals surface area contributed by atoms with Crippen LogP contribution in [0.5, 0.6) is 0 Å². The first kappa shape index (κ1) is 16.5. The molecule has 118 valence electrons. The highest BCUT2D eigenvalue weighted by Crippen LogP contribution is 2.27. The van der Waals surface area contributed by atoms with E-state index in [4.69, 9.17) is 5.73 Å². The van der Waals surface area contributed by atoms with E-state index in [1.54, 1.807) is 4.31 Å². The molecular formula is C16H26N2O2S. The Morgan fingerprint density at radius 1 is 1.24 bits per heavy atom. The summed E-state index contributed by atoms with van der Waals surface area (Å²) in [6.07, 6.45) is 4.18. The van der Waals surface area contributed by atoms with Gasteiger partial charge in [0.1, 0.15) is 0 Å². The Labute approximate surface area is 128 Å². The first-order chi connectivity index (χ1) is 10.0. The Bertz CT molecular complexity index is 524. The Balaban J connectivity index is 2.11. The number of hydrogen-bond donors (Lipinski definition) is 1. The van der Waals surface area contributed by atoms with Crippen molar-refractivity contribution in [3.05, 3.63) is 35.9 Å². The zero-order chi connectivity index (χ0) is 15.3. The normalized spacial score (nSPS) is 18.2. The van der Waals surface area contributed by atoms with Crippen LogP contribution in [0, 0.1) is 0 Å². The van der Waals surface area contributed by atoms with Gasteiger partial charge in [0.15, 0.2) is 0 Å². The second kappa shape index (κ2) is 7.38. The number of hydrogen-bond acceptors (Lipinski definition) is 3. The van der Waals surface area contributed by atoms with Gasteiger partial charge in [-0.05, 0) is 24.3 Å². The molecule has 1 unspecified atom stereocenters. The van der Waals surface area contributed by atoms with Crippen LogP contribution < -0.4 is 5.73 Å². The molecule has 0 amide bonds. The molecule has 1 aliphatic rings. The van der Waals surface area contributed by atoms with E-state index in [1.165, 1.54) is 0 Å². The third-order valence-electron chi connectivity index (χ3n) is 4.27. The highest BCUT2D eigenvalue weighted by molar-refractivity contribution is 7.89. The van der Waals surface area contributed by atoms with Crippen LogP contribution in [0.25, 0.3) is 0 Å². The van der Waals surface area contributed by atoms with Crippen LogP contribution in [0.3, 0.4) is 0 Å². The molecule has 5 heteroatoms. The summed E-state index contributed by atoms with van der Waals surface area (Å²) in [5.41, 5.74) is 6.70. The fraction of sp³-hybridized carbons (Fsp3) is 0.625. The van der Waals surface area contributed by atoms with E-state index >= 15 is 0 Å². The Hall–Kier alpha value is -0.910. The smallest absolute Gasteiger partial charge is 0.214 e. The topological polar surface area (TPSA) is 63.4 Å². The van der Waals surface area contributed by atoms with Gasteiger partial charge < -0.3 is 5.73 Å². The molecular weight excluding hydrogens is 284 g/mol. The van der Waals surface area contributed by atoms with E-state index in [-0.39, 0.29) is 17.7 Å². The summed E-state index contributed by atoms with van der Waals surface area (Å²) in [6, 6.07) is 9.98. The largest absolute Gasteiger partial charge is 0.329 e. The maximum Gasteiger partial charge on any atom is 0.214 e. The molecule has 1 fully saturated rings. The van der Waals surface area contributed by atoms with Crippen molar-refractivity contribution in [1.29, 1.82) is 0 Å². The first-order valence-electron chi connectivity index (χ1n) is 7.79. The van der Waals surface area contributed by atoms with Gasteiger partial charge in [-0.2, -0.15) is 4.31 Å². The van der Waals surface area contributed by atoms with Gasteiger partial charge in [0, 0.05) is 19.1 Å². The first-order valence-corrected chi connectivity index (χ1v) is 9.40. The minimum absolute atomic E-state index is 0.00197. The fourth-order valence-corrected chi connectivity index (χ4v) is 5.22. The van der Waals surface area contributed by atoms with Crippen molar-refractivity contribution < 1.29 is 8.42 Å². The molecule has 1 aromatic carbocycles. The Morgan fingerprint density at radius 2 is 1.86 bits per heavy atom. The van der Waals surface area contributed by atoms with E-state index in [0.717, 1.165) is 31.2 Å². The molecule has 0 radical (unpaired) electrons. The number of nitrogens with zero attached hydrogens (tertiary/aromatic N) is 1. The Kier molecular flexibility index (Phi) is 5.79. The third kappa shape index (κ3) is 4.28. The van der Waals surface area contributed by atoms with Crippen LogP contribution >= 0.6 is 0 Å². The molecule has 4 nitrogen and oxygen atoms in total. The van der Waals surface area contributed by atoms with Gasteiger partial charge in [-0.15, -0.1) is 0 Å². The zero-order valence-electron chi connectivity index (χ0n) is 12.7. The van der Waals surface area contributed by atoms with Crippen LogP contribution in [0.1, 0.15) is 44.1 Å². The highest BCUT2D eigenvalue weighted by atomic mass is 32.2. The Morgan fingerprint density at radius 3 is 2.43 bits per heavy atom. The summed E-state index contributed by atoms with van der Waals surface area (Å²) < 4.78 is 27.2. The van der Waals surface area contributed by atoms with Gasteiger partial charge in [-0.1, -0.05) is 50.1 Å². The summed E-state index contributed by atoms with van der Waals surface area (Å²) >= 11 is 0. The van der Waals surface area contributed by atoms with Crippen molar-refractivity contribution in [2.24, 2.45) is 5.73 Å². The number of rotatable bonds is 7. The standard InChI is InChI=1S/C16H26N2O2S/c1-14(15-7-3-2-4-8-15)13-21(19,20)18(12-11-17)16-9-5-6-10-16/h2-4,7-8,14,16H,5-6,9-13,17H2,1H3. The minimum Gasteiger partial charge on any atom is -0.329 e. The van der Waals surface area contributed by atoms with Crippen molar-refractivity contribution in [2.75, 3.05) is 18.8 Å². The van der Waals surface area contributed by atoms with Crippen LogP contribution in [-0.4, -0.2) is 37.6 Å². The van der Waals surface area contributed by atoms with Crippen LogP contribution in [-0.2, 0) is 10.0 Å². The summed E-state index contributed by atoms with van der Waals surface area (Å²) in [4.78, 5) is 0. The second-order valence-electron chi connectivity index (χ2n) is 5.93. The number of sulfonamides is 1. The molecule has 0 heterocycles. The van der Waals surface area contributed by atoms with Gasteiger partial charge in [-0.25, -0.2) is 8.42 Å². The quantitative estimate of drug-likeness (QED) is 0.840. The van der Waals surface area contributed by atoms with E-state index in [0.29, 0.717) is 13.1 Å². The highest BCUT2D eigenvalue weighted by Gasteiger charge is 2.32. The van der Waals surface area contributed by atoms with Crippen LogP contribution in [0.4, 0.5) is 0 Å². The average Bonchev–Trinajstić information content (AvgIpc) is 2.98. The molecule has 1 atom stereocenters. The molecule has 2 N–H and O–H groups in total. The predicted molar refractivity (Wildman–Crippen MR) is 86.7 cm³/mol. The van der Waals surface area contributed by atoms with Gasteiger partial charge in [0.25, 0.3) is 0 Å². The van der Waals surface area contributed by atoms with E-state index in [1.807, 2.05) is 37.3 Å². The lowest BCUT2D eigenvalue weighted by Crippen LogP contribution is -2.43. The summed E-state index contributed by atoms with van der Waals surface area (Å²) in [7, 11) is -3.26. The maximum absolute atomic E-state index is 12.8. The average molecular weight is 310 g/mol. The molecule has 21 heavy (non-hydrogen) atoms. The molecule has 0 spiro atoms. The SMILES string of the molecule is CC(CS(=O)(=O)N(CCN)C1CCCC1)c1ccccc1. The lowest BCUT2D eigenvalue weighted by molar-refractivity contribution is 0.328. The van der Waals surface area contributed by atoms with Crippen molar-refractivity contribution in [1.82, 2.24) is 4.31 Å². The number of benzene rings is 1. The summed E-state index contributed by atoms with van der Waals surface area (Å²) in [5.74, 6) is 0.158. The number of nitrogens with two attached hydrogens (primary N) is 1. The second-order valence-corrected chi connectivity index (χ2v) is 7.89. The minimum atomic E-state index is -3.26. The fourth-order valence-electron chi connectivity index (χ4n) is 3.16. The van der Waals surface area contributed by atoms with E-state index in [2.05, 4.69) is 0 Å². The zero-order valence-corrected chi connectivity index (χ0v) is 13.6. The predicted octanol–water partition coefficient (Wildman–Crippen LogP) is 2.32. The van der Waals surface area contributed by atoms with Crippen LogP contribution in [0.2, 0.25) is 0 Å². The van der Waals surface area contributed by atoms with Gasteiger partial charge >= 0.3 is 0 Å². The maximum atomic E-state index is 12.8. The summed E-state index contributed by atoms with van der Waals surface area (Å²) in [5, 5.41) is 0. The molecule has 0 bridgehead atoms. The molecule has 0 aromatic heterocycles. The van der Waals surface area contributed by atoms with Gasteiger partial charge in [0.05, 0.1) is 5.75 Å². The van der Waals surface area contributed by atoms with Crippen molar-refractivity contribution in [3.63, 3.8) is 0 Å². The van der Waals surface area contributed by atoms with Crippen molar-refractivity contribution in [3.8, 4) is 0 Å². The molecule has 1 aromatic rings. The third-order valence-corrected chi connectivity index (χ3v) is 6.38. The van der Waals surface area contributed by atoms with Crippen molar-refractivity contribution in [2.45, 2.75) is 44.6 Å². The van der Waals surface area contributed by atoms with E-state index in [9.17, 15) is 8.42 Å². The van der Waals surface area contributed by atoms with Gasteiger partial charge in [0.2, 0.25) is 10.0 Å². The molecule has 1 aliphatic carbocycles. The van der Waals surface area contributed by atoms with E-state index < -0.39 is 10.0 Å². The monoisotopic (exact) mass is 310 g/mol. The van der Waals surface area contributed by atoms with Gasteiger partial charge in [-0.3, -0.25) is 0 Å². The molecule has 2 rings (SSSR count). The van der Waals surface area contributed by atoms with Crippen LogP contribution in [0.15, 0.2) is 30.3 Å². The van der Waals surface area contributed by atoms with Crippen molar-refractivity contribution >= 4 is 10.0 Å². The molecule has 0 aliphatic heterocycles. The molecule has 1 saturated carbocycles.